The number of nitrogens with one attached hydrogen (secondary N) is 1. The Morgan fingerprint density at radius 3 is 2.78 bits per heavy atom. The highest BCUT2D eigenvalue weighted by Gasteiger charge is 2.24. The maximum Gasteiger partial charge on any atom is 0.126 e. The van der Waals surface area contributed by atoms with E-state index in [9.17, 15) is 0 Å². The number of aromatic amines is 1. The molecule has 3 heteroatoms. The highest BCUT2D eigenvalue weighted by Crippen LogP contribution is 2.33. The molecule has 1 aliphatic rings. The summed E-state index contributed by atoms with van der Waals surface area (Å²) in [6.45, 7) is 3.12. The van der Waals surface area contributed by atoms with Crippen LogP contribution in [0.5, 0.6) is 0 Å². The molecular weight excluding hydrogens is 222 g/mol. The number of H-pyrrole nitrogens is 1. The summed E-state index contributed by atoms with van der Waals surface area (Å²) < 4.78 is 0. The summed E-state index contributed by atoms with van der Waals surface area (Å²) >= 11 is 0. The molecule has 2 heterocycles. The Morgan fingerprint density at radius 2 is 2.06 bits per heavy atom. The van der Waals surface area contributed by atoms with E-state index in [1.54, 1.807) is 0 Å². The number of rotatable bonds is 2. The number of piperidine rings is 1. The standard InChI is InChI=1S/C15H19N3/c1-12-16-11-15(17-12)18-10-6-5-9-14(18)13-7-3-2-4-8-13/h2-4,7-8,11,14H,5-6,9-10H2,1H3,(H,16,17). The van der Waals surface area contributed by atoms with Crippen molar-refractivity contribution in [3.05, 3.63) is 47.9 Å². The molecule has 1 fully saturated rings. The second-order valence-corrected chi connectivity index (χ2v) is 4.97. The summed E-state index contributed by atoms with van der Waals surface area (Å²) in [7, 11) is 0. The molecule has 2 aromatic rings. The van der Waals surface area contributed by atoms with Crippen LogP contribution in [0.4, 0.5) is 5.82 Å². The second-order valence-electron chi connectivity index (χ2n) is 4.97. The lowest BCUT2D eigenvalue weighted by Crippen LogP contribution is -2.33. The van der Waals surface area contributed by atoms with E-state index >= 15 is 0 Å². The van der Waals surface area contributed by atoms with Gasteiger partial charge in [0.05, 0.1) is 12.2 Å². The molecule has 3 nitrogen and oxygen atoms in total. The molecule has 1 aromatic carbocycles. The van der Waals surface area contributed by atoms with Crippen molar-refractivity contribution < 1.29 is 0 Å². The van der Waals surface area contributed by atoms with E-state index in [1.807, 2.05) is 13.1 Å². The highest BCUT2D eigenvalue weighted by atomic mass is 15.2. The maximum atomic E-state index is 4.32. The van der Waals surface area contributed by atoms with Crippen LogP contribution in [0.3, 0.4) is 0 Å². The van der Waals surface area contributed by atoms with E-state index < -0.39 is 0 Å². The first kappa shape index (κ1) is 11.3. The minimum Gasteiger partial charge on any atom is -0.350 e. The number of aryl methyl sites for hydroxylation is 1. The van der Waals surface area contributed by atoms with Crippen LogP contribution in [-0.4, -0.2) is 16.5 Å². The van der Waals surface area contributed by atoms with Crippen LogP contribution in [0.1, 0.15) is 36.7 Å². The molecule has 0 spiro atoms. The number of benzene rings is 1. The molecule has 0 saturated carbocycles. The topological polar surface area (TPSA) is 31.9 Å². The molecule has 1 N–H and O–H groups in total. The third-order valence-corrected chi connectivity index (χ3v) is 3.69. The average molecular weight is 241 g/mol. The van der Waals surface area contributed by atoms with Gasteiger partial charge in [-0.15, -0.1) is 0 Å². The Labute approximate surface area is 108 Å². The third-order valence-electron chi connectivity index (χ3n) is 3.69. The quantitative estimate of drug-likeness (QED) is 0.873. The summed E-state index contributed by atoms with van der Waals surface area (Å²) in [5.41, 5.74) is 1.41. The number of hydrogen-bond donors (Lipinski definition) is 1. The smallest absolute Gasteiger partial charge is 0.126 e. The first-order valence-electron chi connectivity index (χ1n) is 6.68. The van der Waals surface area contributed by atoms with Crippen molar-refractivity contribution in [2.24, 2.45) is 0 Å². The van der Waals surface area contributed by atoms with Crippen molar-refractivity contribution in [2.45, 2.75) is 32.2 Å². The Bertz CT molecular complexity index is 503. The Morgan fingerprint density at radius 1 is 1.22 bits per heavy atom. The molecule has 3 rings (SSSR count). The molecular formula is C15H19N3. The van der Waals surface area contributed by atoms with Gasteiger partial charge in [0, 0.05) is 6.54 Å². The summed E-state index contributed by atoms with van der Waals surface area (Å²) in [6, 6.07) is 11.3. The minimum atomic E-state index is 0.486. The maximum absolute atomic E-state index is 4.32. The van der Waals surface area contributed by atoms with Crippen LogP contribution in [-0.2, 0) is 0 Å². The van der Waals surface area contributed by atoms with Gasteiger partial charge in [-0.2, -0.15) is 0 Å². The van der Waals surface area contributed by atoms with E-state index in [0.29, 0.717) is 6.04 Å². The fourth-order valence-corrected chi connectivity index (χ4v) is 2.80. The lowest BCUT2D eigenvalue weighted by atomic mass is 9.95. The van der Waals surface area contributed by atoms with Crippen LogP contribution in [0, 0.1) is 6.92 Å². The summed E-state index contributed by atoms with van der Waals surface area (Å²) in [4.78, 5) is 10.1. The van der Waals surface area contributed by atoms with Crippen molar-refractivity contribution in [3.63, 3.8) is 0 Å². The van der Waals surface area contributed by atoms with Crippen LogP contribution in [0.2, 0.25) is 0 Å². The lowest BCUT2D eigenvalue weighted by molar-refractivity contribution is 0.470. The van der Waals surface area contributed by atoms with E-state index in [0.717, 1.165) is 18.2 Å². The van der Waals surface area contributed by atoms with Gasteiger partial charge in [-0.25, -0.2) is 4.98 Å². The van der Waals surface area contributed by atoms with Gasteiger partial charge in [-0.1, -0.05) is 30.3 Å². The van der Waals surface area contributed by atoms with Crippen molar-refractivity contribution in [1.82, 2.24) is 9.97 Å². The number of imidazole rings is 1. The van der Waals surface area contributed by atoms with Gasteiger partial charge < -0.3 is 9.88 Å². The van der Waals surface area contributed by atoms with Crippen LogP contribution >= 0.6 is 0 Å². The number of anilines is 1. The number of nitrogens with zero attached hydrogens (tertiary/aromatic N) is 2. The van der Waals surface area contributed by atoms with Crippen molar-refractivity contribution >= 4 is 5.82 Å². The van der Waals surface area contributed by atoms with Crippen molar-refractivity contribution in [1.29, 1.82) is 0 Å². The predicted molar refractivity (Wildman–Crippen MR) is 73.7 cm³/mol. The monoisotopic (exact) mass is 241 g/mol. The molecule has 1 aliphatic heterocycles. The van der Waals surface area contributed by atoms with Gasteiger partial charge >= 0.3 is 0 Å². The molecule has 1 atom stereocenters. The molecule has 0 amide bonds. The zero-order valence-corrected chi connectivity index (χ0v) is 10.8. The van der Waals surface area contributed by atoms with Crippen molar-refractivity contribution in [3.8, 4) is 0 Å². The molecule has 1 saturated heterocycles. The van der Waals surface area contributed by atoms with Gasteiger partial charge in [-0.05, 0) is 31.7 Å². The summed E-state index contributed by atoms with van der Waals surface area (Å²) in [6.07, 6.45) is 5.75. The zero-order chi connectivity index (χ0) is 12.4. The fourth-order valence-electron chi connectivity index (χ4n) is 2.80. The zero-order valence-electron chi connectivity index (χ0n) is 10.8. The Kier molecular flexibility index (Phi) is 3.05. The first-order chi connectivity index (χ1) is 8.84. The van der Waals surface area contributed by atoms with Crippen LogP contribution < -0.4 is 4.90 Å². The van der Waals surface area contributed by atoms with Gasteiger partial charge in [0.2, 0.25) is 0 Å². The van der Waals surface area contributed by atoms with Gasteiger partial charge in [0.15, 0.2) is 0 Å². The van der Waals surface area contributed by atoms with Gasteiger partial charge in [-0.3, -0.25) is 0 Å². The van der Waals surface area contributed by atoms with Crippen LogP contribution in [0.25, 0.3) is 0 Å². The van der Waals surface area contributed by atoms with Crippen molar-refractivity contribution in [2.75, 3.05) is 11.4 Å². The second kappa shape index (κ2) is 4.84. The molecule has 18 heavy (non-hydrogen) atoms. The minimum absolute atomic E-state index is 0.486. The van der Waals surface area contributed by atoms with Crippen LogP contribution in [0.15, 0.2) is 36.5 Å². The number of hydrogen-bond acceptors (Lipinski definition) is 2. The van der Waals surface area contributed by atoms with Gasteiger partial charge in [0.25, 0.3) is 0 Å². The first-order valence-corrected chi connectivity index (χ1v) is 6.68. The fraction of sp³-hybridized carbons (Fsp3) is 0.400. The third kappa shape index (κ3) is 2.13. The average Bonchev–Trinajstić information content (AvgIpc) is 2.86. The van der Waals surface area contributed by atoms with E-state index in [4.69, 9.17) is 0 Å². The van der Waals surface area contributed by atoms with E-state index in [2.05, 4.69) is 45.2 Å². The molecule has 0 radical (unpaired) electrons. The SMILES string of the molecule is Cc1ncc(N2CCCCC2c2ccccc2)[nH]1. The van der Waals surface area contributed by atoms with Gasteiger partial charge in [0.1, 0.15) is 11.6 Å². The lowest BCUT2D eigenvalue weighted by Gasteiger charge is -2.36. The predicted octanol–water partition coefficient (Wildman–Crippen LogP) is 3.45. The normalized spacial score (nSPS) is 20.1. The summed E-state index contributed by atoms with van der Waals surface area (Å²) in [5.74, 6) is 2.14. The van der Waals surface area contributed by atoms with E-state index in [-0.39, 0.29) is 0 Å². The molecule has 1 aromatic heterocycles. The Hall–Kier alpha value is -1.77. The molecule has 94 valence electrons. The van der Waals surface area contributed by atoms with E-state index in [1.165, 1.54) is 24.8 Å². The largest absolute Gasteiger partial charge is 0.350 e. The molecule has 0 aliphatic carbocycles. The molecule has 0 bridgehead atoms. The Balaban J connectivity index is 1.91. The highest BCUT2D eigenvalue weighted by molar-refractivity contribution is 5.42. The molecule has 1 unspecified atom stereocenters. The number of aromatic nitrogens is 2. The summed E-state index contributed by atoms with van der Waals surface area (Å²) in [5, 5.41) is 0.